The van der Waals surface area contributed by atoms with Crippen molar-refractivity contribution in [1.82, 2.24) is 30.5 Å². The first-order valence-corrected chi connectivity index (χ1v) is 18.2. The Bertz CT molecular complexity index is 1540. The largest absolute Gasteiger partial charge is 0.472 e. The molecule has 2 saturated carbocycles. The number of hydrogen-bond acceptors (Lipinski definition) is 10. The number of Topliss-reactive ketones (excluding diaryl/α,β-unsaturated/α-hetero) is 1. The molecule has 0 radical (unpaired) electrons. The molecule has 0 aromatic carbocycles. The number of carbonyl (C=O) groups excluding carboxylic acids is 5. The van der Waals surface area contributed by atoms with Crippen LogP contribution in [-0.4, -0.2) is 86.1 Å². The van der Waals surface area contributed by atoms with Gasteiger partial charge in [0.05, 0.1) is 17.6 Å². The molecule has 2 aromatic heterocycles. The van der Waals surface area contributed by atoms with Crippen molar-refractivity contribution in [3.05, 3.63) is 41.8 Å². The molecule has 2 aliphatic carbocycles. The number of ketones is 1. The van der Waals surface area contributed by atoms with Crippen molar-refractivity contribution < 1.29 is 28.7 Å². The van der Waals surface area contributed by atoms with Gasteiger partial charge in [0.15, 0.2) is 0 Å². The van der Waals surface area contributed by atoms with E-state index in [9.17, 15) is 24.0 Å². The van der Waals surface area contributed by atoms with Gasteiger partial charge >= 0.3 is 0 Å². The van der Waals surface area contributed by atoms with Crippen LogP contribution in [0.25, 0.3) is 0 Å². The molecule has 0 spiro atoms. The molecule has 15 heteroatoms. The SMILES string of the molecule is CC(C)(C)[C@H](NC(=O)[C@@H](Nc1ncccn1)C1CCCCC1)C(=O)N1C[C@H](Oc2ccc(Cl)cn2)CC1C(=O)NC(CC1CCC1)C(=O)C(N)=O. The van der Waals surface area contributed by atoms with E-state index in [2.05, 4.69) is 30.9 Å². The molecule has 3 fully saturated rings. The Kier molecular flexibility index (Phi) is 12.5. The molecular formula is C36H49ClN8O6. The Labute approximate surface area is 303 Å². The molecule has 14 nitrogen and oxygen atoms in total. The van der Waals surface area contributed by atoms with E-state index in [1.807, 2.05) is 20.8 Å². The molecule has 3 aliphatic rings. The second kappa shape index (κ2) is 16.8. The standard InChI is InChI=1S/C36H49ClN8O6/c1-36(2,3)30(44-33(49)28(22-11-5-4-6-12-22)43-35-39-15-8-16-40-35)34(50)45-20-24(51-27-14-13-23(37)19-41-27)18-26(45)32(48)42-25(29(46)31(38)47)17-21-9-7-10-21/h8,13-16,19,21-22,24-26,28,30H,4-7,9-12,17-18,20H2,1-3H3,(H2,38,47)(H,42,48)(H,44,49)(H,39,40,43)/t24-,25?,26?,28+,30-/m1/s1. The summed E-state index contributed by atoms with van der Waals surface area (Å²) in [5, 5.41) is 9.41. The zero-order chi connectivity index (χ0) is 36.7. The average Bonchev–Trinajstić information content (AvgIpc) is 3.51. The van der Waals surface area contributed by atoms with Crippen molar-refractivity contribution in [2.45, 2.75) is 115 Å². The second-order valence-electron chi connectivity index (χ2n) is 15.0. The summed E-state index contributed by atoms with van der Waals surface area (Å²) in [6.07, 6.45) is 11.8. The smallest absolute Gasteiger partial charge is 0.287 e. The molecule has 1 saturated heterocycles. The van der Waals surface area contributed by atoms with E-state index in [1.165, 1.54) is 11.1 Å². The van der Waals surface area contributed by atoms with Crippen LogP contribution in [0, 0.1) is 17.3 Å². The third-order valence-electron chi connectivity index (χ3n) is 10.2. The number of pyridine rings is 1. The highest BCUT2D eigenvalue weighted by molar-refractivity contribution is 6.37. The van der Waals surface area contributed by atoms with Crippen LogP contribution in [0.3, 0.4) is 0 Å². The number of anilines is 1. The molecule has 51 heavy (non-hydrogen) atoms. The van der Waals surface area contributed by atoms with Gasteiger partial charge in [-0.3, -0.25) is 24.0 Å². The summed E-state index contributed by atoms with van der Waals surface area (Å²) in [4.78, 5) is 81.8. The number of hydrogen-bond donors (Lipinski definition) is 4. The van der Waals surface area contributed by atoms with Crippen LogP contribution >= 0.6 is 11.6 Å². The molecule has 4 amide bonds. The first-order valence-electron chi connectivity index (χ1n) is 17.9. The average molecular weight is 725 g/mol. The number of amides is 4. The predicted molar refractivity (Wildman–Crippen MR) is 189 cm³/mol. The van der Waals surface area contributed by atoms with Gasteiger partial charge < -0.3 is 31.3 Å². The minimum atomic E-state index is -1.13. The normalized spacial score (nSPS) is 21.5. The van der Waals surface area contributed by atoms with Crippen LogP contribution in [0.1, 0.15) is 85.0 Å². The van der Waals surface area contributed by atoms with Crippen molar-refractivity contribution in [1.29, 1.82) is 0 Å². The number of nitrogens with one attached hydrogen (secondary N) is 3. The number of nitrogens with two attached hydrogens (primary N) is 1. The van der Waals surface area contributed by atoms with Gasteiger partial charge in [-0.25, -0.2) is 15.0 Å². The van der Waals surface area contributed by atoms with Crippen molar-refractivity contribution in [3.8, 4) is 5.88 Å². The maximum Gasteiger partial charge on any atom is 0.287 e. The van der Waals surface area contributed by atoms with E-state index in [1.54, 1.807) is 30.6 Å². The van der Waals surface area contributed by atoms with Crippen LogP contribution in [0.4, 0.5) is 5.95 Å². The van der Waals surface area contributed by atoms with Crippen LogP contribution in [0.15, 0.2) is 36.8 Å². The number of halogens is 1. The lowest BCUT2D eigenvalue weighted by Crippen LogP contribution is -2.61. The maximum absolute atomic E-state index is 14.7. The number of likely N-dealkylation sites (tertiary alicyclic amines) is 1. The lowest BCUT2D eigenvalue weighted by molar-refractivity contribution is -0.145. The summed E-state index contributed by atoms with van der Waals surface area (Å²) < 4.78 is 6.11. The predicted octanol–water partition coefficient (Wildman–Crippen LogP) is 3.19. The summed E-state index contributed by atoms with van der Waals surface area (Å²) >= 11 is 6.01. The summed E-state index contributed by atoms with van der Waals surface area (Å²) in [6.45, 7) is 5.53. The lowest BCUT2D eigenvalue weighted by Gasteiger charge is -2.37. The quantitative estimate of drug-likeness (QED) is 0.210. The molecule has 276 valence electrons. The Balaban J connectivity index is 1.40. The summed E-state index contributed by atoms with van der Waals surface area (Å²) in [5.41, 5.74) is 4.58. The monoisotopic (exact) mass is 724 g/mol. The number of rotatable bonds is 14. The van der Waals surface area contributed by atoms with Crippen molar-refractivity contribution >= 4 is 47.0 Å². The van der Waals surface area contributed by atoms with Gasteiger partial charge in [-0.1, -0.05) is 70.9 Å². The highest BCUT2D eigenvalue weighted by Crippen LogP contribution is 2.33. The minimum absolute atomic E-state index is 0.00287. The summed E-state index contributed by atoms with van der Waals surface area (Å²) in [6, 6.07) is 0.973. The molecule has 0 bridgehead atoms. The van der Waals surface area contributed by atoms with Gasteiger partial charge in [-0.05, 0) is 48.6 Å². The van der Waals surface area contributed by atoms with E-state index < -0.39 is 59.2 Å². The van der Waals surface area contributed by atoms with Gasteiger partial charge in [-0.2, -0.15) is 0 Å². The second-order valence-corrected chi connectivity index (χ2v) is 15.5. The number of primary amides is 1. The molecule has 2 unspecified atom stereocenters. The van der Waals surface area contributed by atoms with Gasteiger partial charge in [0, 0.05) is 31.1 Å². The van der Waals surface area contributed by atoms with Crippen molar-refractivity contribution in [2.75, 3.05) is 11.9 Å². The van der Waals surface area contributed by atoms with Gasteiger partial charge in [0.2, 0.25) is 35.3 Å². The zero-order valence-corrected chi connectivity index (χ0v) is 30.2. The molecule has 3 heterocycles. The van der Waals surface area contributed by atoms with E-state index in [0.29, 0.717) is 11.0 Å². The minimum Gasteiger partial charge on any atom is -0.472 e. The number of aromatic nitrogens is 3. The van der Waals surface area contributed by atoms with E-state index in [0.717, 1.165) is 51.4 Å². The topological polar surface area (TPSA) is 199 Å². The molecular weight excluding hydrogens is 676 g/mol. The number of ether oxygens (including phenoxy) is 1. The number of nitrogens with zero attached hydrogens (tertiary/aromatic N) is 4. The van der Waals surface area contributed by atoms with Crippen LogP contribution in [0.5, 0.6) is 5.88 Å². The third-order valence-corrected chi connectivity index (χ3v) is 10.4. The summed E-state index contributed by atoms with van der Waals surface area (Å²) in [5.74, 6) is -2.72. The Morgan fingerprint density at radius 1 is 0.980 bits per heavy atom. The van der Waals surface area contributed by atoms with Crippen LogP contribution < -0.4 is 26.4 Å². The highest BCUT2D eigenvalue weighted by atomic mass is 35.5. The van der Waals surface area contributed by atoms with E-state index in [4.69, 9.17) is 22.1 Å². The molecule has 5 N–H and O–H groups in total. The fraction of sp³-hybridized carbons (Fsp3) is 0.611. The van der Waals surface area contributed by atoms with E-state index >= 15 is 0 Å². The zero-order valence-electron chi connectivity index (χ0n) is 29.5. The Hall–Kier alpha value is -4.33. The van der Waals surface area contributed by atoms with Crippen molar-refractivity contribution in [2.24, 2.45) is 23.0 Å². The number of carbonyl (C=O) groups is 5. The molecule has 1 aliphatic heterocycles. The van der Waals surface area contributed by atoms with Crippen LogP contribution in [-0.2, 0) is 24.0 Å². The maximum atomic E-state index is 14.7. The van der Waals surface area contributed by atoms with E-state index in [-0.39, 0.29) is 43.0 Å². The first kappa shape index (κ1) is 37.9. The highest BCUT2D eigenvalue weighted by Gasteiger charge is 2.47. The van der Waals surface area contributed by atoms with Gasteiger partial charge in [-0.15, -0.1) is 0 Å². The fourth-order valence-electron chi connectivity index (χ4n) is 7.13. The Morgan fingerprint density at radius 3 is 2.27 bits per heavy atom. The van der Waals surface area contributed by atoms with Crippen LogP contribution in [0.2, 0.25) is 5.02 Å². The summed E-state index contributed by atoms with van der Waals surface area (Å²) in [7, 11) is 0. The van der Waals surface area contributed by atoms with Crippen molar-refractivity contribution in [3.63, 3.8) is 0 Å². The fourth-order valence-corrected chi connectivity index (χ4v) is 7.25. The Morgan fingerprint density at radius 2 is 1.69 bits per heavy atom. The molecule has 5 atom stereocenters. The van der Waals surface area contributed by atoms with Gasteiger partial charge in [0.1, 0.15) is 24.2 Å². The first-order chi connectivity index (χ1) is 24.3. The lowest BCUT2D eigenvalue weighted by atomic mass is 9.80. The van der Waals surface area contributed by atoms with Gasteiger partial charge in [0.25, 0.3) is 5.91 Å². The molecule has 5 rings (SSSR count). The third kappa shape index (κ3) is 9.93. The molecule has 2 aromatic rings.